The standard InChI is InChI=1S/C43H74O5/c1-3-5-7-9-11-13-15-17-19-20-21-22-24-26-28-30-32-34-36-38-43(46)48-41(39-44)40-47-42(45)37-35-33-31-29-27-25-23-18-16-14-12-10-8-6-4-2/h11,13-14,16-17,19,21-22,26,28,41,44H,3-10,12,15,18,20,23-25,27,29-40H2,1-2H3/b13-11+,16-14+,19-17+,22-21+,28-26+/t41-/m0/s1. The monoisotopic (exact) mass is 671 g/mol. The fourth-order valence-electron chi connectivity index (χ4n) is 5.24. The highest BCUT2D eigenvalue weighted by Gasteiger charge is 2.16. The Kier molecular flexibility index (Phi) is 37.1. The number of unbranched alkanes of at least 4 members (excludes halogenated alkanes) is 17. The van der Waals surface area contributed by atoms with Gasteiger partial charge < -0.3 is 14.6 Å². The molecule has 0 spiro atoms. The lowest BCUT2D eigenvalue weighted by atomic mass is 10.1. The summed E-state index contributed by atoms with van der Waals surface area (Å²) < 4.78 is 10.6. The minimum atomic E-state index is -0.791. The molecule has 0 fully saturated rings. The average molecular weight is 671 g/mol. The van der Waals surface area contributed by atoms with Crippen LogP contribution in [0.2, 0.25) is 0 Å². The highest BCUT2D eigenvalue weighted by Crippen LogP contribution is 2.12. The molecule has 1 atom stereocenters. The Labute approximate surface area is 296 Å². The van der Waals surface area contributed by atoms with E-state index in [-0.39, 0.29) is 25.2 Å². The van der Waals surface area contributed by atoms with Gasteiger partial charge in [-0.3, -0.25) is 9.59 Å². The lowest BCUT2D eigenvalue weighted by molar-refractivity contribution is -0.161. The van der Waals surface area contributed by atoms with Crippen molar-refractivity contribution in [3.63, 3.8) is 0 Å². The second kappa shape index (κ2) is 39.0. The van der Waals surface area contributed by atoms with Crippen LogP contribution in [-0.4, -0.2) is 36.4 Å². The maximum atomic E-state index is 12.2. The summed E-state index contributed by atoms with van der Waals surface area (Å²) in [4.78, 5) is 24.2. The Morgan fingerprint density at radius 1 is 0.479 bits per heavy atom. The molecular formula is C43H74O5. The lowest BCUT2D eigenvalue weighted by Gasteiger charge is -2.15. The summed E-state index contributed by atoms with van der Waals surface area (Å²) in [6.45, 7) is 4.06. The van der Waals surface area contributed by atoms with Crippen LogP contribution in [-0.2, 0) is 19.1 Å². The van der Waals surface area contributed by atoms with Crippen molar-refractivity contribution in [3.05, 3.63) is 60.8 Å². The Morgan fingerprint density at radius 2 is 0.833 bits per heavy atom. The molecule has 0 radical (unpaired) electrons. The zero-order chi connectivity index (χ0) is 35.0. The van der Waals surface area contributed by atoms with E-state index in [9.17, 15) is 14.7 Å². The number of rotatable bonds is 35. The highest BCUT2D eigenvalue weighted by atomic mass is 16.6. The summed E-state index contributed by atoms with van der Waals surface area (Å²) in [5.41, 5.74) is 0. The molecule has 0 aromatic carbocycles. The highest BCUT2D eigenvalue weighted by molar-refractivity contribution is 5.70. The van der Waals surface area contributed by atoms with Gasteiger partial charge in [0.05, 0.1) is 6.61 Å². The van der Waals surface area contributed by atoms with Crippen molar-refractivity contribution in [2.75, 3.05) is 13.2 Å². The van der Waals surface area contributed by atoms with Crippen LogP contribution in [0.15, 0.2) is 60.8 Å². The minimum absolute atomic E-state index is 0.0830. The number of hydrogen-bond acceptors (Lipinski definition) is 5. The van der Waals surface area contributed by atoms with E-state index in [1.165, 1.54) is 89.9 Å². The van der Waals surface area contributed by atoms with Crippen molar-refractivity contribution >= 4 is 11.9 Å². The van der Waals surface area contributed by atoms with E-state index >= 15 is 0 Å². The quantitative estimate of drug-likeness (QED) is 0.0413. The molecule has 0 aromatic rings. The van der Waals surface area contributed by atoms with Gasteiger partial charge in [0.1, 0.15) is 6.61 Å². The molecule has 5 heteroatoms. The van der Waals surface area contributed by atoms with E-state index in [0.717, 1.165) is 64.2 Å². The van der Waals surface area contributed by atoms with Crippen molar-refractivity contribution in [2.45, 2.75) is 187 Å². The molecule has 0 aliphatic rings. The summed E-state index contributed by atoms with van der Waals surface area (Å²) in [5, 5.41) is 9.55. The minimum Gasteiger partial charge on any atom is -0.462 e. The van der Waals surface area contributed by atoms with Gasteiger partial charge in [0.15, 0.2) is 6.10 Å². The Balaban J connectivity index is 3.65. The van der Waals surface area contributed by atoms with Gasteiger partial charge in [-0.2, -0.15) is 0 Å². The van der Waals surface area contributed by atoms with Crippen LogP contribution in [0, 0.1) is 0 Å². The van der Waals surface area contributed by atoms with Gasteiger partial charge in [0.25, 0.3) is 0 Å². The van der Waals surface area contributed by atoms with Gasteiger partial charge in [-0.1, -0.05) is 145 Å². The van der Waals surface area contributed by atoms with Crippen molar-refractivity contribution in [1.82, 2.24) is 0 Å². The maximum Gasteiger partial charge on any atom is 0.306 e. The normalized spacial score (nSPS) is 12.8. The van der Waals surface area contributed by atoms with Crippen LogP contribution in [0.5, 0.6) is 0 Å². The van der Waals surface area contributed by atoms with Gasteiger partial charge in [0, 0.05) is 12.8 Å². The van der Waals surface area contributed by atoms with Crippen LogP contribution in [0.4, 0.5) is 0 Å². The van der Waals surface area contributed by atoms with Gasteiger partial charge in [0.2, 0.25) is 0 Å². The molecule has 0 aromatic heterocycles. The molecule has 0 bridgehead atoms. The lowest BCUT2D eigenvalue weighted by Crippen LogP contribution is -2.28. The van der Waals surface area contributed by atoms with E-state index in [1.807, 2.05) is 0 Å². The third kappa shape index (κ3) is 36.4. The van der Waals surface area contributed by atoms with Crippen LogP contribution < -0.4 is 0 Å². The SMILES string of the molecule is CCCCC/C=C/C/C=C/C/C=C/C/C=C/CCCCCC(=O)O[C@@H](CO)COC(=O)CCCCCCCCC/C=C/CCCCCC. The van der Waals surface area contributed by atoms with E-state index in [4.69, 9.17) is 9.47 Å². The largest absolute Gasteiger partial charge is 0.462 e. The fourth-order valence-corrected chi connectivity index (χ4v) is 5.24. The van der Waals surface area contributed by atoms with E-state index in [2.05, 4.69) is 74.6 Å². The molecule has 0 unspecified atom stereocenters. The summed E-state index contributed by atoms with van der Waals surface area (Å²) in [6, 6.07) is 0. The predicted molar refractivity (Wildman–Crippen MR) is 205 cm³/mol. The first-order chi connectivity index (χ1) is 23.6. The van der Waals surface area contributed by atoms with Gasteiger partial charge >= 0.3 is 11.9 Å². The zero-order valence-electron chi connectivity index (χ0n) is 31.2. The average Bonchev–Trinajstić information content (AvgIpc) is 3.09. The van der Waals surface area contributed by atoms with Gasteiger partial charge in [-0.25, -0.2) is 0 Å². The fraction of sp³-hybridized carbons (Fsp3) is 0.721. The van der Waals surface area contributed by atoms with E-state index in [0.29, 0.717) is 12.8 Å². The number of ether oxygens (including phenoxy) is 2. The van der Waals surface area contributed by atoms with Crippen LogP contribution in [0.3, 0.4) is 0 Å². The smallest absolute Gasteiger partial charge is 0.306 e. The molecule has 276 valence electrons. The first-order valence-corrected chi connectivity index (χ1v) is 19.8. The number of allylic oxidation sites excluding steroid dienone is 10. The number of esters is 2. The summed E-state index contributed by atoms with van der Waals surface area (Å²) in [5.74, 6) is -0.635. The van der Waals surface area contributed by atoms with Crippen molar-refractivity contribution in [2.24, 2.45) is 0 Å². The van der Waals surface area contributed by atoms with Gasteiger partial charge in [-0.15, -0.1) is 0 Å². The molecule has 0 aliphatic carbocycles. The number of hydrogen-bond donors (Lipinski definition) is 1. The van der Waals surface area contributed by atoms with Crippen LogP contribution in [0.25, 0.3) is 0 Å². The molecule has 0 heterocycles. The van der Waals surface area contributed by atoms with E-state index in [1.54, 1.807) is 0 Å². The second-order valence-corrected chi connectivity index (χ2v) is 13.0. The number of carbonyl (C=O) groups is 2. The van der Waals surface area contributed by atoms with Crippen molar-refractivity contribution in [3.8, 4) is 0 Å². The second-order valence-electron chi connectivity index (χ2n) is 13.0. The zero-order valence-corrected chi connectivity index (χ0v) is 31.2. The molecule has 5 nitrogen and oxygen atoms in total. The maximum absolute atomic E-state index is 12.2. The molecule has 0 saturated heterocycles. The first kappa shape index (κ1) is 45.6. The third-order valence-corrected chi connectivity index (χ3v) is 8.28. The number of carbonyl (C=O) groups excluding carboxylic acids is 2. The molecule has 1 N–H and O–H groups in total. The molecule has 48 heavy (non-hydrogen) atoms. The first-order valence-electron chi connectivity index (χ1n) is 19.8. The Morgan fingerprint density at radius 3 is 1.33 bits per heavy atom. The Bertz CT molecular complexity index is 853. The van der Waals surface area contributed by atoms with Crippen molar-refractivity contribution < 1.29 is 24.2 Å². The van der Waals surface area contributed by atoms with E-state index < -0.39 is 6.10 Å². The molecule has 0 aliphatic heterocycles. The summed E-state index contributed by atoms with van der Waals surface area (Å²) >= 11 is 0. The van der Waals surface area contributed by atoms with Crippen LogP contribution in [0.1, 0.15) is 181 Å². The predicted octanol–water partition coefficient (Wildman–Crippen LogP) is 12.4. The molecule has 0 amide bonds. The molecule has 0 saturated carbocycles. The van der Waals surface area contributed by atoms with Crippen molar-refractivity contribution in [1.29, 1.82) is 0 Å². The number of aliphatic hydroxyl groups is 1. The Hall–Kier alpha value is -2.40. The third-order valence-electron chi connectivity index (χ3n) is 8.28. The molecular weight excluding hydrogens is 596 g/mol. The topological polar surface area (TPSA) is 72.8 Å². The van der Waals surface area contributed by atoms with Crippen LogP contribution >= 0.6 is 0 Å². The number of aliphatic hydroxyl groups excluding tert-OH is 1. The van der Waals surface area contributed by atoms with Gasteiger partial charge in [-0.05, 0) is 83.5 Å². The summed E-state index contributed by atoms with van der Waals surface area (Å²) in [7, 11) is 0. The molecule has 0 rings (SSSR count). The summed E-state index contributed by atoms with van der Waals surface area (Å²) in [6.07, 6.45) is 49.9.